The van der Waals surface area contributed by atoms with Crippen molar-refractivity contribution in [1.82, 2.24) is 4.98 Å². The summed E-state index contributed by atoms with van der Waals surface area (Å²) in [4.78, 5) is 7.14. The van der Waals surface area contributed by atoms with Gasteiger partial charge in [0.25, 0.3) is 0 Å². The summed E-state index contributed by atoms with van der Waals surface area (Å²) in [6.07, 6.45) is 1.18. The number of anilines is 1. The van der Waals surface area contributed by atoms with Crippen molar-refractivity contribution in [3.05, 3.63) is 36.0 Å². The first kappa shape index (κ1) is 15.1. The monoisotopic (exact) mass is 290 g/mol. The van der Waals surface area contributed by atoms with Crippen molar-refractivity contribution in [1.29, 1.82) is 0 Å². The van der Waals surface area contributed by atoms with E-state index in [0.29, 0.717) is 11.8 Å². The Labute approximate surface area is 126 Å². The maximum atomic E-state index is 6.00. The molecule has 3 heteroatoms. The number of hydrogen-bond acceptors (Lipinski definition) is 2. The third kappa shape index (κ3) is 3.24. The number of alkyl halides is 1. The summed E-state index contributed by atoms with van der Waals surface area (Å²) < 4.78 is 0. The van der Waals surface area contributed by atoms with Gasteiger partial charge >= 0.3 is 0 Å². The van der Waals surface area contributed by atoms with Gasteiger partial charge in [-0.05, 0) is 24.3 Å². The molecule has 0 radical (unpaired) electrons. The SMILES string of the molecule is CCC(C)CN(CC)c1nc(CCl)cc2ccccc12. The molecule has 108 valence electrons. The van der Waals surface area contributed by atoms with Crippen LogP contribution >= 0.6 is 11.6 Å². The fourth-order valence-corrected chi connectivity index (χ4v) is 2.55. The zero-order valence-corrected chi connectivity index (χ0v) is 13.3. The molecule has 20 heavy (non-hydrogen) atoms. The molecule has 2 nitrogen and oxygen atoms in total. The topological polar surface area (TPSA) is 16.1 Å². The van der Waals surface area contributed by atoms with Gasteiger partial charge in [0.15, 0.2) is 0 Å². The number of fused-ring (bicyclic) bond motifs is 1. The second-order valence-corrected chi connectivity index (χ2v) is 5.61. The minimum atomic E-state index is 0.457. The zero-order valence-electron chi connectivity index (χ0n) is 12.6. The molecule has 1 aromatic heterocycles. The average Bonchev–Trinajstić information content (AvgIpc) is 2.51. The maximum absolute atomic E-state index is 6.00. The molecule has 0 fully saturated rings. The lowest BCUT2D eigenvalue weighted by molar-refractivity contribution is 0.546. The number of benzene rings is 1. The first-order valence-electron chi connectivity index (χ1n) is 7.39. The number of halogens is 1. The Bertz CT molecular complexity index is 568. The van der Waals surface area contributed by atoms with Crippen molar-refractivity contribution < 1.29 is 0 Å². The standard InChI is InChI=1S/C17H23ClN2/c1-4-13(3)12-20(5-2)17-16-9-7-6-8-14(16)10-15(11-18)19-17/h6-10,13H,4-5,11-12H2,1-3H3. The van der Waals surface area contributed by atoms with E-state index in [-0.39, 0.29) is 0 Å². The Balaban J connectivity index is 2.49. The third-order valence-electron chi connectivity index (χ3n) is 3.82. The molecule has 0 amide bonds. The lowest BCUT2D eigenvalue weighted by Crippen LogP contribution is -2.29. The van der Waals surface area contributed by atoms with Crippen LogP contribution in [0.25, 0.3) is 10.8 Å². The van der Waals surface area contributed by atoms with Crippen LogP contribution in [0.15, 0.2) is 30.3 Å². The Kier molecular flexibility index (Phi) is 5.24. The first-order valence-corrected chi connectivity index (χ1v) is 7.92. The smallest absolute Gasteiger partial charge is 0.136 e. The summed E-state index contributed by atoms with van der Waals surface area (Å²) in [5, 5.41) is 2.43. The molecule has 0 aliphatic rings. The maximum Gasteiger partial charge on any atom is 0.136 e. The van der Waals surface area contributed by atoms with E-state index in [9.17, 15) is 0 Å². The summed E-state index contributed by atoms with van der Waals surface area (Å²) in [7, 11) is 0. The van der Waals surface area contributed by atoms with Crippen LogP contribution in [-0.4, -0.2) is 18.1 Å². The minimum absolute atomic E-state index is 0.457. The van der Waals surface area contributed by atoms with Gasteiger partial charge in [-0.3, -0.25) is 0 Å². The molecule has 1 atom stereocenters. The second-order valence-electron chi connectivity index (χ2n) is 5.34. The van der Waals surface area contributed by atoms with E-state index in [1.807, 2.05) is 0 Å². The molecule has 0 saturated carbocycles. The third-order valence-corrected chi connectivity index (χ3v) is 4.09. The van der Waals surface area contributed by atoms with E-state index in [2.05, 4.69) is 56.0 Å². The van der Waals surface area contributed by atoms with Gasteiger partial charge in [-0.15, -0.1) is 11.6 Å². The zero-order chi connectivity index (χ0) is 14.5. The minimum Gasteiger partial charge on any atom is -0.356 e. The summed E-state index contributed by atoms with van der Waals surface area (Å²) >= 11 is 6.00. The van der Waals surface area contributed by atoms with Gasteiger partial charge in [0.05, 0.1) is 11.6 Å². The predicted molar refractivity (Wildman–Crippen MR) is 88.6 cm³/mol. The Hall–Kier alpha value is -1.28. The Morgan fingerprint density at radius 1 is 1.25 bits per heavy atom. The lowest BCUT2D eigenvalue weighted by Gasteiger charge is -2.26. The highest BCUT2D eigenvalue weighted by Crippen LogP contribution is 2.27. The molecular formula is C17H23ClN2. The van der Waals surface area contributed by atoms with Gasteiger partial charge in [0.2, 0.25) is 0 Å². The number of nitrogens with zero attached hydrogens (tertiary/aromatic N) is 2. The van der Waals surface area contributed by atoms with Gasteiger partial charge in [0.1, 0.15) is 5.82 Å². The fraction of sp³-hybridized carbons (Fsp3) is 0.471. The summed E-state index contributed by atoms with van der Waals surface area (Å²) in [5.74, 6) is 2.19. The number of pyridine rings is 1. The van der Waals surface area contributed by atoms with Crippen LogP contribution in [0.4, 0.5) is 5.82 Å². The molecule has 0 spiro atoms. The summed E-state index contributed by atoms with van der Waals surface area (Å²) in [6, 6.07) is 10.5. The average molecular weight is 291 g/mol. The Morgan fingerprint density at radius 2 is 2.00 bits per heavy atom. The summed E-state index contributed by atoms with van der Waals surface area (Å²) in [5.41, 5.74) is 0.947. The largest absolute Gasteiger partial charge is 0.356 e. The normalized spacial score (nSPS) is 12.6. The van der Waals surface area contributed by atoms with Crippen molar-refractivity contribution in [3.8, 4) is 0 Å². The van der Waals surface area contributed by atoms with Gasteiger partial charge in [-0.2, -0.15) is 0 Å². The molecule has 0 N–H and O–H groups in total. The molecule has 2 rings (SSSR count). The number of rotatable bonds is 6. The van der Waals surface area contributed by atoms with E-state index in [4.69, 9.17) is 16.6 Å². The van der Waals surface area contributed by atoms with E-state index in [1.165, 1.54) is 17.2 Å². The molecule has 2 aromatic rings. The summed E-state index contributed by atoms with van der Waals surface area (Å²) in [6.45, 7) is 8.71. The highest BCUT2D eigenvalue weighted by atomic mass is 35.5. The van der Waals surface area contributed by atoms with E-state index >= 15 is 0 Å². The fourth-order valence-electron chi connectivity index (χ4n) is 2.41. The predicted octanol–water partition coefficient (Wildman–Crippen LogP) is 4.85. The van der Waals surface area contributed by atoms with Crippen molar-refractivity contribution in [2.45, 2.75) is 33.1 Å². The molecular weight excluding hydrogens is 268 g/mol. The van der Waals surface area contributed by atoms with Crippen LogP contribution in [0.5, 0.6) is 0 Å². The van der Waals surface area contributed by atoms with E-state index < -0.39 is 0 Å². The van der Waals surface area contributed by atoms with Crippen LogP contribution < -0.4 is 4.90 Å². The van der Waals surface area contributed by atoms with Crippen LogP contribution in [0, 0.1) is 5.92 Å². The first-order chi connectivity index (χ1) is 9.69. The number of aromatic nitrogens is 1. The molecule has 1 aromatic carbocycles. The highest BCUT2D eigenvalue weighted by molar-refractivity contribution is 6.17. The van der Waals surface area contributed by atoms with E-state index in [0.717, 1.165) is 24.6 Å². The van der Waals surface area contributed by atoms with Gasteiger partial charge in [-0.1, -0.05) is 44.5 Å². The molecule has 1 heterocycles. The van der Waals surface area contributed by atoms with Crippen molar-refractivity contribution >= 4 is 28.2 Å². The number of hydrogen-bond donors (Lipinski definition) is 0. The van der Waals surface area contributed by atoms with Gasteiger partial charge in [0, 0.05) is 18.5 Å². The second kappa shape index (κ2) is 6.94. The van der Waals surface area contributed by atoms with E-state index in [1.54, 1.807) is 0 Å². The molecule has 0 aliphatic heterocycles. The lowest BCUT2D eigenvalue weighted by atomic mass is 10.1. The van der Waals surface area contributed by atoms with Gasteiger partial charge < -0.3 is 4.90 Å². The van der Waals surface area contributed by atoms with Crippen LogP contribution in [0.2, 0.25) is 0 Å². The molecule has 0 bridgehead atoms. The van der Waals surface area contributed by atoms with Crippen molar-refractivity contribution in [3.63, 3.8) is 0 Å². The van der Waals surface area contributed by atoms with Crippen molar-refractivity contribution in [2.24, 2.45) is 5.92 Å². The van der Waals surface area contributed by atoms with Crippen LogP contribution in [-0.2, 0) is 5.88 Å². The highest BCUT2D eigenvalue weighted by Gasteiger charge is 2.14. The molecule has 1 unspecified atom stereocenters. The molecule has 0 saturated heterocycles. The van der Waals surface area contributed by atoms with Crippen LogP contribution in [0.1, 0.15) is 32.9 Å². The van der Waals surface area contributed by atoms with Crippen molar-refractivity contribution in [2.75, 3.05) is 18.0 Å². The quantitative estimate of drug-likeness (QED) is 0.707. The van der Waals surface area contributed by atoms with Gasteiger partial charge in [-0.25, -0.2) is 4.98 Å². The van der Waals surface area contributed by atoms with Crippen LogP contribution in [0.3, 0.4) is 0 Å². The Morgan fingerprint density at radius 3 is 2.65 bits per heavy atom. The molecule has 0 aliphatic carbocycles.